The third-order valence-electron chi connectivity index (χ3n) is 14.9. The van der Waals surface area contributed by atoms with Gasteiger partial charge in [-0.3, -0.25) is 0 Å². The number of hydrogen-bond donors (Lipinski definition) is 0. The molecule has 1 saturated carbocycles. The first kappa shape index (κ1) is 33.0. The molecule has 270 valence electrons. The molecule has 57 heavy (non-hydrogen) atoms. The van der Waals surface area contributed by atoms with Crippen LogP contribution in [0.25, 0.3) is 87.2 Å². The highest BCUT2D eigenvalue weighted by Gasteiger charge is 2.60. The highest BCUT2D eigenvalue weighted by molar-refractivity contribution is 6.89. The quantitative estimate of drug-likeness (QED) is 0.125. The Morgan fingerprint density at radius 3 is 1.74 bits per heavy atom. The van der Waals surface area contributed by atoms with Crippen molar-refractivity contribution in [2.45, 2.75) is 50.3 Å². The molecule has 1 heteroatoms. The van der Waals surface area contributed by atoms with Gasteiger partial charge in [0.05, 0.1) is 0 Å². The van der Waals surface area contributed by atoms with Crippen molar-refractivity contribution in [3.63, 3.8) is 0 Å². The maximum absolute atomic E-state index is 2.63. The van der Waals surface area contributed by atoms with E-state index in [-0.39, 0.29) is 10.7 Å². The maximum Gasteiger partial charge on any atom is 0.216 e. The molecular formula is C56H43B. The van der Waals surface area contributed by atoms with E-state index in [0.717, 1.165) is 0 Å². The van der Waals surface area contributed by atoms with Gasteiger partial charge in [-0.25, -0.2) is 0 Å². The Morgan fingerprint density at radius 1 is 0.404 bits per heavy atom. The van der Waals surface area contributed by atoms with Crippen LogP contribution in [0, 0.1) is 0 Å². The molecule has 1 aliphatic carbocycles. The summed E-state index contributed by atoms with van der Waals surface area (Å²) in [6, 6.07) is 67.1. The van der Waals surface area contributed by atoms with Crippen molar-refractivity contribution in [1.29, 1.82) is 0 Å². The summed E-state index contributed by atoms with van der Waals surface area (Å²) in [6.07, 6.45) is 5.09. The van der Waals surface area contributed by atoms with Crippen LogP contribution >= 0.6 is 0 Å². The molecule has 1 aliphatic heterocycles. The van der Waals surface area contributed by atoms with E-state index in [0.29, 0.717) is 6.71 Å². The van der Waals surface area contributed by atoms with Gasteiger partial charge in [0.1, 0.15) is 0 Å². The fraction of sp³-hybridized carbons (Fsp3) is 0.143. The third-order valence-corrected chi connectivity index (χ3v) is 14.9. The molecule has 0 saturated heterocycles. The molecule has 2 aliphatic rings. The first-order valence-electron chi connectivity index (χ1n) is 20.9. The normalized spacial score (nSPS) is 19.2. The second kappa shape index (κ2) is 12.2. The van der Waals surface area contributed by atoms with E-state index < -0.39 is 0 Å². The van der Waals surface area contributed by atoms with Crippen molar-refractivity contribution in [1.82, 2.24) is 0 Å². The standard InChI is InChI=1S/C56H43B/c1-55-32-10-11-33-56(55,2)57(40-18-4-3-5-19-40)52-31-26-39(34-51(52)55)49-35-50(44-23-13-17-37-15-7-9-21-42(37)44)48-28-25-38-24-27-45(46-29-30-47(49)54(48)53(38)46)43-22-12-16-36-14-6-8-20-41(36)43/h3-9,12-31,34-35H,10-11,32-33H2,1-2H3. The van der Waals surface area contributed by atoms with Gasteiger partial charge in [-0.1, -0.05) is 214 Å². The molecule has 0 bridgehead atoms. The lowest BCUT2D eigenvalue weighted by Gasteiger charge is -2.48. The van der Waals surface area contributed by atoms with Gasteiger partial charge in [0.15, 0.2) is 0 Å². The molecule has 0 N–H and O–H groups in total. The Balaban J connectivity index is 1.17. The monoisotopic (exact) mass is 726 g/mol. The van der Waals surface area contributed by atoms with Gasteiger partial charge in [0, 0.05) is 0 Å². The second-order valence-corrected chi connectivity index (χ2v) is 17.5. The molecule has 10 aromatic rings. The molecular weight excluding hydrogens is 683 g/mol. The first-order valence-corrected chi connectivity index (χ1v) is 20.9. The summed E-state index contributed by atoms with van der Waals surface area (Å²) in [7, 11) is 0. The lowest BCUT2D eigenvalue weighted by Crippen LogP contribution is -2.51. The molecule has 0 spiro atoms. The minimum Gasteiger partial charge on any atom is -0.0735 e. The van der Waals surface area contributed by atoms with Gasteiger partial charge in [-0.2, -0.15) is 0 Å². The summed E-state index contributed by atoms with van der Waals surface area (Å²) in [4.78, 5) is 0. The minimum absolute atomic E-state index is 0.104. The van der Waals surface area contributed by atoms with E-state index in [1.165, 1.54) is 124 Å². The van der Waals surface area contributed by atoms with Crippen LogP contribution in [0.2, 0.25) is 5.31 Å². The number of hydrogen-bond acceptors (Lipinski definition) is 0. The molecule has 2 atom stereocenters. The summed E-state index contributed by atoms with van der Waals surface area (Å²) in [5.41, 5.74) is 12.5. The molecule has 12 rings (SSSR count). The third kappa shape index (κ3) is 4.58. The van der Waals surface area contributed by atoms with Crippen molar-refractivity contribution in [3.8, 4) is 33.4 Å². The molecule has 2 unspecified atom stereocenters. The van der Waals surface area contributed by atoms with E-state index in [4.69, 9.17) is 0 Å². The van der Waals surface area contributed by atoms with Crippen LogP contribution in [0.5, 0.6) is 0 Å². The Labute approximate surface area is 335 Å². The number of rotatable bonds is 4. The van der Waals surface area contributed by atoms with Gasteiger partial charge in [0.25, 0.3) is 0 Å². The molecule has 0 nitrogen and oxygen atoms in total. The van der Waals surface area contributed by atoms with Crippen LogP contribution in [0.3, 0.4) is 0 Å². The van der Waals surface area contributed by atoms with Crippen molar-refractivity contribution < 1.29 is 0 Å². The second-order valence-electron chi connectivity index (χ2n) is 17.5. The number of fused-ring (bicyclic) bond motifs is 5. The van der Waals surface area contributed by atoms with E-state index in [2.05, 4.69) is 190 Å². The highest BCUT2D eigenvalue weighted by atomic mass is 14.5. The van der Waals surface area contributed by atoms with Crippen LogP contribution < -0.4 is 10.9 Å². The molecule has 1 fully saturated rings. The van der Waals surface area contributed by atoms with Crippen molar-refractivity contribution in [2.75, 3.05) is 0 Å². The summed E-state index contributed by atoms with van der Waals surface area (Å²) < 4.78 is 0. The zero-order valence-corrected chi connectivity index (χ0v) is 32.6. The Hall–Kier alpha value is -6.18. The van der Waals surface area contributed by atoms with Crippen LogP contribution in [0.4, 0.5) is 0 Å². The van der Waals surface area contributed by atoms with Crippen molar-refractivity contribution >= 4 is 71.5 Å². The smallest absolute Gasteiger partial charge is 0.0735 e. The average Bonchev–Trinajstić information content (AvgIpc) is 3.47. The number of benzene rings is 10. The van der Waals surface area contributed by atoms with Gasteiger partial charge in [-0.05, 0) is 116 Å². The average molecular weight is 727 g/mol. The van der Waals surface area contributed by atoms with E-state index in [1.54, 1.807) is 5.56 Å². The first-order chi connectivity index (χ1) is 28.0. The Morgan fingerprint density at radius 2 is 0.982 bits per heavy atom. The summed E-state index contributed by atoms with van der Waals surface area (Å²) in [6.45, 7) is 5.59. The van der Waals surface area contributed by atoms with Crippen LogP contribution in [0.15, 0.2) is 176 Å². The summed E-state index contributed by atoms with van der Waals surface area (Å²) in [5.74, 6) is 0. The minimum atomic E-state index is 0.104. The summed E-state index contributed by atoms with van der Waals surface area (Å²) in [5, 5.41) is 13.3. The van der Waals surface area contributed by atoms with Gasteiger partial charge >= 0.3 is 0 Å². The highest BCUT2D eigenvalue weighted by Crippen LogP contribution is 2.62. The summed E-state index contributed by atoms with van der Waals surface area (Å²) >= 11 is 0. The predicted molar refractivity (Wildman–Crippen MR) is 247 cm³/mol. The topological polar surface area (TPSA) is 0 Å². The maximum atomic E-state index is 2.63. The fourth-order valence-corrected chi connectivity index (χ4v) is 11.9. The largest absolute Gasteiger partial charge is 0.216 e. The van der Waals surface area contributed by atoms with Gasteiger partial charge in [-0.15, -0.1) is 0 Å². The van der Waals surface area contributed by atoms with Crippen molar-refractivity contribution in [3.05, 3.63) is 181 Å². The molecule has 0 radical (unpaired) electrons. The lowest BCUT2D eigenvalue weighted by molar-refractivity contribution is 0.243. The molecule has 10 aromatic carbocycles. The van der Waals surface area contributed by atoms with E-state index in [9.17, 15) is 0 Å². The van der Waals surface area contributed by atoms with E-state index >= 15 is 0 Å². The Kier molecular flexibility index (Phi) is 7.04. The van der Waals surface area contributed by atoms with Crippen LogP contribution in [0.1, 0.15) is 45.1 Å². The predicted octanol–water partition coefficient (Wildman–Crippen LogP) is 14.1. The van der Waals surface area contributed by atoms with E-state index in [1.807, 2.05) is 0 Å². The van der Waals surface area contributed by atoms with Gasteiger partial charge in [0.2, 0.25) is 6.71 Å². The fourth-order valence-electron chi connectivity index (χ4n) is 11.9. The Bertz CT molecular complexity index is 3220. The van der Waals surface area contributed by atoms with Gasteiger partial charge < -0.3 is 0 Å². The molecule has 0 aromatic heterocycles. The molecule has 1 heterocycles. The SMILES string of the molecule is CC12CCCCC1(C)c1cc(-c3cc(-c4cccc5ccccc45)c4ccc5ccc(-c6cccc7ccccc67)c6ccc3c4c56)ccc1B2c1ccccc1. The van der Waals surface area contributed by atoms with Crippen LogP contribution in [-0.4, -0.2) is 6.71 Å². The van der Waals surface area contributed by atoms with Crippen molar-refractivity contribution in [2.24, 2.45) is 0 Å². The molecule has 0 amide bonds. The lowest BCUT2D eigenvalue weighted by atomic mass is 9.26. The zero-order valence-electron chi connectivity index (χ0n) is 32.6. The van der Waals surface area contributed by atoms with Crippen LogP contribution in [-0.2, 0) is 5.41 Å². The zero-order chi connectivity index (χ0) is 37.9.